The molecule has 18 heavy (non-hydrogen) atoms. The van der Waals surface area contributed by atoms with Crippen LogP contribution >= 0.6 is 0 Å². The van der Waals surface area contributed by atoms with Crippen LogP contribution in [0.1, 0.15) is 16.7 Å². The average Bonchev–Trinajstić information content (AvgIpc) is 2.41. The summed E-state index contributed by atoms with van der Waals surface area (Å²) in [6, 6.07) is 12.9. The number of hydrazine groups is 1. The molecule has 0 spiro atoms. The average molecular weight is 241 g/mol. The molecule has 1 aromatic heterocycles. The molecule has 0 aliphatic carbocycles. The van der Waals surface area contributed by atoms with Gasteiger partial charge in [0.15, 0.2) is 0 Å². The number of nitrogens with zero attached hydrogens (tertiary/aromatic N) is 1. The number of hydrogen-bond acceptors (Lipinski definition) is 3. The van der Waals surface area contributed by atoms with E-state index in [0.29, 0.717) is 0 Å². The highest BCUT2D eigenvalue weighted by atomic mass is 15.2. The molecular weight excluding hydrogens is 222 g/mol. The Morgan fingerprint density at radius 1 is 1.00 bits per heavy atom. The highest BCUT2D eigenvalue weighted by Crippen LogP contribution is 2.09. The van der Waals surface area contributed by atoms with Crippen molar-refractivity contribution in [2.24, 2.45) is 5.84 Å². The second kappa shape index (κ2) is 6.28. The Morgan fingerprint density at radius 2 is 1.56 bits per heavy atom. The standard InChI is InChI=1S/C15H19N3/c1-12-2-4-13(5-3-12)10-15(18-16)11-14-6-8-17-9-7-14/h2-9,15,18H,10-11,16H2,1H3. The van der Waals surface area contributed by atoms with Crippen molar-refractivity contribution in [2.75, 3.05) is 0 Å². The quantitative estimate of drug-likeness (QED) is 0.622. The minimum atomic E-state index is 0.245. The van der Waals surface area contributed by atoms with Crippen LogP contribution in [0, 0.1) is 6.92 Å². The number of pyridine rings is 1. The molecule has 0 bridgehead atoms. The van der Waals surface area contributed by atoms with Crippen molar-refractivity contribution in [3.05, 3.63) is 65.5 Å². The molecule has 94 valence electrons. The summed E-state index contributed by atoms with van der Waals surface area (Å²) in [7, 11) is 0. The van der Waals surface area contributed by atoms with E-state index in [9.17, 15) is 0 Å². The lowest BCUT2D eigenvalue weighted by Crippen LogP contribution is -2.38. The van der Waals surface area contributed by atoms with Crippen LogP contribution in [-0.4, -0.2) is 11.0 Å². The molecule has 1 heterocycles. The fourth-order valence-corrected chi connectivity index (χ4v) is 2.00. The van der Waals surface area contributed by atoms with E-state index in [1.807, 2.05) is 24.5 Å². The predicted molar refractivity (Wildman–Crippen MR) is 73.9 cm³/mol. The molecule has 0 radical (unpaired) electrons. The number of aromatic nitrogens is 1. The van der Waals surface area contributed by atoms with Crippen LogP contribution < -0.4 is 11.3 Å². The molecular formula is C15H19N3. The molecule has 3 heteroatoms. The number of nitrogens with one attached hydrogen (secondary N) is 1. The van der Waals surface area contributed by atoms with Crippen molar-refractivity contribution < 1.29 is 0 Å². The van der Waals surface area contributed by atoms with Gasteiger partial charge in [-0.15, -0.1) is 0 Å². The summed E-state index contributed by atoms with van der Waals surface area (Å²) in [6.45, 7) is 2.10. The Bertz CT molecular complexity index is 465. The third-order valence-electron chi connectivity index (χ3n) is 3.07. The molecule has 1 atom stereocenters. The summed E-state index contributed by atoms with van der Waals surface area (Å²) < 4.78 is 0. The largest absolute Gasteiger partial charge is 0.271 e. The van der Waals surface area contributed by atoms with Crippen LogP contribution in [-0.2, 0) is 12.8 Å². The van der Waals surface area contributed by atoms with E-state index < -0.39 is 0 Å². The maximum Gasteiger partial charge on any atom is 0.0291 e. The predicted octanol–water partition coefficient (Wildman–Crippen LogP) is 2.01. The Balaban J connectivity index is 1.99. The first-order valence-electron chi connectivity index (χ1n) is 6.18. The van der Waals surface area contributed by atoms with Crippen molar-refractivity contribution >= 4 is 0 Å². The van der Waals surface area contributed by atoms with Gasteiger partial charge < -0.3 is 0 Å². The Morgan fingerprint density at radius 3 is 2.11 bits per heavy atom. The van der Waals surface area contributed by atoms with E-state index in [1.165, 1.54) is 16.7 Å². The molecule has 0 saturated heterocycles. The zero-order valence-electron chi connectivity index (χ0n) is 10.6. The van der Waals surface area contributed by atoms with Gasteiger partial charge in [0.1, 0.15) is 0 Å². The minimum Gasteiger partial charge on any atom is -0.271 e. The first-order chi connectivity index (χ1) is 8.78. The number of rotatable bonds is 5. The maximum atomic E-state index is 5.63. The minimum absolute atomic E-state index is 0.245. The van der Waals surface area contributed by atoms with E-state index in [0.717, 1.165) is 12.8 Å². The lowest BCUT2D eigenvalue weighted by Gasteiger charge is -2.16. The topological polar surface area (TPSA) is 50.9 Å². The molecule has 0 aliphatic heterocycles. The first kappa shape index (κ1) is 12.7. The second-order valence-corrected chi connectivity index (χ2v) is 4.61. The second-order valence-electron chi connectivity index (χ2n) is 4.61. The van der Waals surface area contributed by atoms with Crippen molar-refractivity contribution in [1.29, 1.82) is 0 Å². The third-order valence-corrected chi connectivity index (χ3v) is 3.07. The zero-order valence-corrected chi connectivity index (χ0v) is 10.6. The number of aryl methyl sites for hydroxylation is 1. The summed E-state index contributed by atoms with van der Waals surface area (Å²) in [5.41, 5.74) is 6.73. The Labute approximate surface area is 108 Å². The Hall–Kier alpha value is -1.71. The van der Waals surface area contributed by atoms with Gasteiger partial charge in [0.05, 0.1) is 0 Å². The fraction of sp³-hybridized carbons (Fsp3) is 0.267. The van der Waals surface area contributed by atoms with Gasteiger partial charge in [-0.25, -0.2) is 0 Å². The van der Waals surface area contributed by atoms with Gasteiger partial charge in [0, 0.05) is 18.4 Å². The Kier molecular flexibility index (Phi) is 4.45. The van der Waals surface area contributed by atoms with Crippen LogP contribution in [0.3, 0.4) is 0 Å². The SMILES string of the molecule is Cc1ccc(CC(Cc2ccncc2)NN)cc1. The number of benzene rings is 1. The van der Waals surface area contributed by atoms with E-state index in [-0.39, 0.29) is 6.04 Å². The van der Waals surface area contributed by atoms with Gasteiger partial charge in [0.2, 0.25) is 0 Å². The van der Waals surface area contributed by atoms with Crippen molar-refractivity contribution in [3.8, 4) is 0 Å². The molecule has 0 amide bonds. The van der Waals surface area contributed by atoms with Gasteiger partial charge in [-0.05, 0) is 43.0 Å². The maximum absolute atomic E-state index is 5.63. The summed E-state index contributed by atoms with van der Waals surface area (Å²) in [5.74, 6) is 5.63. The summed E-state index contributed by atoms with van der Waals surface area (Å²) in [6.07, 6.45) is 5.47. The van der Waals surface area contributed by atoms with Crippen LogP contribution in [0.25, 0.3) is 0 Å². The van der Waals surface area contributed by atoms with Crippen molar-refractivity contribution in [1.82, 2.24) is 10.4 Å². The van der Waals surface area contributed by atoms with E-state index in [4.69, 9.17) is 5.84 Å². The van der Waals surface area contributed by atoms with Gasteiger partial charge in [-0.1, -0.05) is 29.8 Å². The smallest absolute Gasteiger partial charge is 0.0291 e. The lowest BCUT2D eigenvalue weighted by molar-refractivity contribution is 0.522. The molecule has 1 unspecified atom stereocenters. The summed E-state index contributed by atoms with van der Waals surface area (Å²) in [4.78, 5) is 4.02. The summed E-state index contributed by atoms with van der Waals surface area (Å²) in [5, 5.41) is 0. The molecule has 2 rings (SSSR count). The first-order valence-corrected chi connectivity index (χ1v) is 6.18. The molecule has 0 fully saturated rings. The molecule has 0 aliphatic rings. The highest BCUT2D eigenvalue weighted by Gasteiger charge is 2.08. The molecule has 3 nitrogen and oxygen atoms in total. The van der Waals surface area contributed by atoms with E-state index in [2.05, 4.69) is 41.6 Å². The van der Waals surface area contributed by atoms with Gasteiger partial charge >= 0.3 is 0 Å². The summed E-state index contributed by atoms with van der Waals surface area (Å²) >= 11 is 0. The zero-order chi connectivity index (χ0) is 12.8. The number of hydrogen-bond donors (Lipinski definition) is 2. The van der Waals surface area contributed by atoms with Crippen LogP contribution in [0.5, 0.6) is 0 Å². The third kappa shape index (κ3) is 3.65. The van der Waals surface area contributed by atoms with E-state index >= 15 is 0 Å². The van der Waals surface area contributed by atoms with Crippen molar-refractivity contribution in [2.45, 2.75) is 25.8 Å². The molecule has 1 aromatic carbocycles. The molecule has 2 aromatic rings. The van der Waals surface area contributed by atoms with Crippen molar-refractivity contribution in [3.63, 3.8) is 0 Å². The van der Waals surface area contributed by atoms with Crippen LogP contribution in [0.4, 0.5) is 0 Å². The van der Waals surface area contributed by atoms with Crippen LogP contribution in [0.2, 0.25) is 0 Å². The lowest BCUT2D eigenvalue weighted by atomic mass is 9.99. The van der Waals surface area contributed by atoms with Gasteiger partial charge in [0.25, 0.3) is 0 Å². The normalized spacial score (nSPS) is 12.3. The van der Waals surface area contributed by atoms with Gasteiger partial charge in [-0.3, -0.25) is 16.3 Å². The molecule has 0 saturated carbocycles. The number of nitrogens with two attached hydrogens (primary N) is 1. The monoisotopic (exact) mass is 241 g/mol. The van der Waals surface area contributed by atoms with E-state index in [1.54, 1.807) is 0 Å². The van der Waals surface area contributed by atoms with Gasteiger partial charge in [-0.2, -0.15) is 0 Å². The molecule has 3 N–H and O–H groups in total. The highest BCUT2D eigenvalue weighted by molar-refractivity contribution is 5.22. The fourth-order valence-electron chi connectivity index (χ4n) is 2.00. The van der Waals surface area contributed by atoms with Crippen LogP contribution in [0.15, 0.2) is 48.8 Å².